The van der Waals surface area contributed by atoms with Crippen LogP contribution in [-0.2, 0) is 9.53 Å². The number of ether oxygens (including phenoxy) is 1. The Hall–Kier alpha value is -0.410. The summed E-state index contributed by atoms with van der Waals surface area (Å²) in [5, 5.41) is 0. The Labute approximate surface area is 92.8 Å². The molecule has 0 radical (unpaired) electrons. The Kier molecular flexibility index (Phi) is 5.88. The van der Waals surface area contributed by atoms with Crippen LogP contribution in [0.2, 0.25) is 0 Å². The maximum atomic E-state index is 11.3. The van der Waals surface area contributed by atoms with Crippen LogP contribution in [0, 0.1) is 5.92 Å². The van der Waals surface area contributed by atoms with Gasteiger partial charge in [-0.05, 0) is 6.42 Å². The van der Waals surface area contributed by atoms with Crippen LogP contribution in [0.4, 0.5) is 0 Å². The molecule has 1 unspecified atom stereocenters. The molecule has 0 amide bonds. The van der Waals surface area contributed by atoms with Crippen molar-refractivity contribution in [2.45, 2.75) is 33.1 Å². The molecule has 1 aliphatic rings. The summed E-state index contributed by atoms with van der Waals surface area (Å²) in [6.45, 7) is 8.67. The molecule has 0 bridgehead atoms. The molecule has 3 heteroatoms. The molecule has 1 atom stereocenters. The number of likely N-dealkylation sites (tertiary alicyclic amines) is 1. The molecule has 1 aliphatic heterocycles. The van der Waals surface area contributed by atoms with E-state index in [1.165, 1.54) is 6.42 Å². The smallest absolute Gasteiger partial charge is 0.138 e. The average Bonchev–Trinajstić information content (AvgIpc) is 2.23. The number of piperidine rings is 1. The molecule has 1 saturated heterocycles. The number of unbranched alkanes of at least 4 members (excludes halogenated alkanes) is 1. The van der Waals surface area contributed by atoms with E-state index in [0.717, 1.165) is 45.7 Å². The monoisotopic (exact) mass is 213 g/mol. The fourth-order valence-corrected chi connectivity index (χ4v) is 1.84. The summed E-state index contributed by atoms with van der Waals surface area (Å²) >= 11 is 0. The van der Waals surface area contributed by atoms with E-state index in [4.69, 9.17) is 4.74 Å². The molecule has 0 saturated carbocycles. The highest BCUT2D eigenvalue weighted by molar-refractivity contribution is 5.81. The normalized spacial score (nSPS) is 23.3. The topological polar surface area (TPSA) is 29.5 Å². The van der Waals surface area contributed by atoms with Crippen LogP contribution in [-0.4, -0.2) is 43.5 Å². The molecule has 0 N–H and O–H groups in total. The standard InChI is InChI=1S/C12H23NO2/c1-3-4-8-15-9-7-13-6-5-12(14)11(2)10-13/h11H,3-10H2,1-2H3. The lowest BCUT2D eigenvalue weighted by molar-refractivity contribution is -0.125. The van der Waals surface area contributed by atoms with Gasteiger partial charge in [0.2, 0.25) is 0 Å². The summed E-state index contributed by atoms with van der Waals surface area (Å²) in [7, 11) is 0. The van der Waals surface area contributed by atoms with Crippen molar-refractivity contribution in [2.75, 3.05) is 32.8 Å². The van der Waals surface area contributed by atoms with Gasteiger partial charge in [0.25, 0.3) is 0 Å². The Morgan fingerprint density at radius 2 is 2.27 bits per heavy atom. The second kappa shape index (κ2) is 6.96. The van der Waals surface area contributed by atoms with Crippen LogP contribution in [0.25, 0.3) is 0 Å². The lowest BCUT2D eigenvalue weighted by Crippen LogP contribution is -2.41. The van der Waals surface area contributed by atoms with Crippen molar-refractivity contribution < 1.29 is 9.53 Å². The third-order valence-corrected chi connectivity index (χ3v) is 2.95. The van der Waals surface area contributed by atoms with Crippen molar-refractivity contribution in [1.29, 1.82) is 0 Å². The van der Waals surface area contributed by atoms with E-state index >= 15 is 0 Å². The number of nitrogens with zero attached hydrogens (tertiary/aromatic N) is 1. The largest absolute Gasteiger partial charge is 0.380 e. The first-order chi connectivity index (χ1) is 7.24. The van der Waals surface area contributed by atoms with Gasteiger partial charge in [0, 0.05) is 38.6 Å². The average molecular weight is 213 g/mol. The highest BCUT2D eigenvalue weighted by Gasteiger charge is 2.22. The second-order valence-corrected chi connectivity index (χ2v) is 4.38. The minimum atomic E-state index is 0.217. The van der Waals surface area contributed by atoms with E-state index in [1.54, 1.807) is 0 Å². The number of ketones is 1. The minimum absolute atomic E-state index is 0.217. The zero-order valence-corrected chi connectivity index (χ0v) is 10.00. The Morgan fingerprint density at radius 3 is 2.93 bits per heavy atom. The number of Topliss-reactive ketones (excluding diaryl/α,β-unsaturated/α-hetero) is 1. The summed E-state index contributed by atoms with van der Waals surface area (Å²) in [6, 6.07) is 0. The predicted molar refractivity (Wildman–Crippen MR) is 61.0 cm³/mol. The van der Waals surface area contributed by atoms with Crippen molar-refractivity contribution in [2.24, 2.45) is 5.92 Å². The summed E-state index contributed by atoms with van der Waals surface area (Å²) < 4.78 is 5.51. The number of hydrogen-bond acceptors (Lipinski definition) is 3. The van der Waals surface area contributed by atoms with Crippen LogP contribution in [0.5, 0.6) is 0 Å². The molecule has 1 rings (SSSR count). The van der Waals surface area contributed by atoms with Crippen LogP contribution in [0.15, 0.2) is 0 Å². The number of carbonyl (C=O) groups excluding carboxylic acids is 1. The van der Waals surface area contributed by atoms with Crippen molar-refractivity contribution >= 4 is 5.78 Å². The third-order valence-electron chi connectivity index (χ3n) is 2.95. The van der Waals surface area contributed by atoms with Gasteiger partial charge in [0.15, 0.2) is 0 Å². The zero-order valence-electron chi connectivity index (χ0n) is 10.00. The number of carbonyl (C=O) groups is 1. The zero-order chi connectivity index (χ0) is 11.1. The summed E-state index contributed by atoms with van der Waals surface area (Å²) in [5.74, 6) is 0.632. The molecule has 3 nitrogen and oxygen atoms in total. The van der Waals surface area contributed by atoms with Crippen molar-refractivity contribution in [3.05, 3.63) is 0 Å². The first-order valence-corrected chi connectivity index (χ1v) is 6.07. The van der Waals surface area contributed by atoms with Crippen LogP contribution in [0.3, 0.4) is 0 Å². The lowest BCUT2D eigenvalue weighted by atomic mass is 9.99. The van der Waals surface area contributed by atoms with Gasteiger partial charge in [-0.3, -0.25) is 9.69 Å². The highest BCUT2D eigenvalue weighted by Crippen LogP contribution is 2.11. The van der Waals surface area contributed by atoms with E-state index in [1.807, 2.05) is 6.92 Å². The van der Waals surface area contributed by atoms with Crippen molar-refractivity contribution in [3.8, 4) is 0 Å². The Bertz CT molecular complexity index is 194. The van der Waals surface area contributed by atoms with Crippen molar-refractivity contribution in [3.63, 3.8) is 0 Å². The molecule has 15 heavy (non-hydrogen) atoms. The van der Waals surface area contributed by atoms with E-state index in [9.17, 15) is 4.79 Å². The van der Waals surface area contributed by atoms with Crippen molar-refractivity contribution in [1.82, 2.24) is 4.90 Å². The van der Waals surface area contributed by atoms with Crippen LogP contribution in [0.1, 0.15) is 33.1 Å². The van der Waals surface area contributed by atoms with E-state index in [-0.39, 0.29) is 5.92 Å². The lowest BCUT2D eigenvalue weighted by Gasteiger charge is -2.29. The van der Waals surface area contributed by atoms with Gasteiger partial charge in [-0.1, -0.05) is 20.3 Å². The molecular formula is C12H23NO2. The van der Waals surface area contributed by atoms with Crippen LogP contribution < -0.4 is 0 Å². The molecule has 0 aromatic rings. The number of hydrogen-bond donors (Lipinski definition) is 0. The first kappa shape index (κ1) is 12.7. The van der Waals surface area contributed by atoms with Gasteiger partial charge < -0.3 is 4.74 Å². The predicted octanol–water partition coefficient (Wildman–Crippen LogP) is 1.71. The fourth-order valence-electron chi connectivity index (χ4n) is 1.84. The van der Waals surface area contributed by atoms with Gasteiger partial charge in [-0.25, -0.2) is 0 Å². The van der Waals surface area contributed by atoms with E-state index in [2.05, 4.69) is 11.8 Å². The molecule has 88 valence electrons. The maximum Gasteiger partial charge on any atom is 0.138 e. The van der Waals surface area contributed by atoms with Gasteiger partial charge in [0.1, 0.15) is 5.78 Å². The molecule has 1 heterocycles. The van der Waals surface area contributed by atoms with Crippen LogP contribution >= 0.6 is 0 Å². The Balaban J connectivity index is 2.04. The number of rotatable bonds is 6. The minimum Gasteiger partial charge on any atom is -0.380 e. The van der Waals surface area contributed by atoms with Gasteiger partial charge in [-0.15, -0.1) is 0 Å². The fraction of sp³-hybridized carbons (Fsp3) is 0.917. The molecular weight excluding hydrogens is 190 g/mol. The van der Waals surface area contributed by atoms with E-state index < -0.39 is 0 Å². The van der Waals surface area contributed by atoms with Gasteiger partial charge in [0.05, 0.1) is 6.61 Å². The molecule has 0 aromatic heterocycles. The van der Waals surface area contributed by atoms with Gasteiger partial charge >= 0.3 is 0 Å². The molecule has 1 fully saturated rings. The Morgan fingerprint density at radius 1 is 1.47 bits per heavy atom. The molecule has 0 spiro atoms. The third kappa shape index (κ3) is 4.76. The summed E-state index contributed by atoms with van der Waals surface area (Å²) in [6.07, 6.45) is 3.06. The SMILES string of the molecule is CCCCOCCN1CCC(=O)C(C)C1. The summed E-state index contributed by atoms with van der Waals surface area (Å²) in [5.41, 5.74) is 0. The first-order valence-electron chi connectivity index (χ1n) is 6.07. The molecule has 0 aromatic carbocycles. The van der Waals surface area contributed by atoms with E-state index in [0.29, 0.717) is 5.78 Å². The molecule has 0 aliphatic carbocycles. The van der Waals surface area contributed by atoms with Gasteiger partial charge in [-0.2, -0.15) is 0 Å². The quantitative estimate of drug-likeness (QED) is 0.629. The maximum absolute atomic E-state index is 11.3. The highest BCUT2D eigenvalue weighted by atomic mass is 16.5. The summed E-state index contributed by atoms with van der Waals surface area (Å²) in [4.78, 5) is 13.6. The second-order valence-electron chi connectivity index (χ2n) is 4.38.